The number of aromatic nitrogens is 2. The second kappa shape index (κ2) is 6.42. The highest BCUT2D eigenvalue weighted by molar-refractivity contribution is 7.98. The molecule has 1 aromatic rings. The van der Waals surface area contributed by atoms with Gasteiger partial charge in [-0.1, -0.05) is 6.92 Å². The topological polar surface area (TPSA) is 50.1 Å². The molecule has 1 unspecified atom stereocenters. The van der Waals surface area contributed by atoms with Gasteiger partial charge in [0.2, 0.25) is 0 Å². The molecule has 0 aromatic carbocycles. The molecule has 1 aromatic heterocycles. The van der Waals surface area contributed by atoms with Crippen LogP contribution in [0.25, 0.3) is 0 Å². The summed E-state index contributed by atoms with van der Waals surface area (Å²) >= 11 is 1.66. The van der Waals surface area contributed by atoms with Crippen LogP contribution >= 0.6 is 11.8 Å². The first-order valence-electron chi connectivity index (χ1n) is 5.92. The monoisotopic (exact) mass is 257 g/mol. The van der Waals surface area contributed by atoms with E-state index < -0.39 is 5.60 Å². The van der Waals surface area contributed by atoms with E-state index in [-0.39, 0.29) is 0 Å². The van der Waals surface area contributed by atoms with Crippen molar-refractivity contribution in [3.05, 3.63) is 17.5 Å². The number of hydrogen-bond donors (Lipinski definition) is 2. The normalized spacial score (nSPS) is 14.9. The molecule has 0 aliphatic heterocycles. The third kappa shape index (κ3) is 4.69. The molecule has 17 heavy (non-hydrogen) atoms. The number of nitrogens with one attached hydrogen (secondary N) is 1. The predicted molar refractivity (Wildman–Crippen MR) is 73.3 cm³/mol. The lowest BCUT2D eigenvalue weighted by molar-refractivity contribution is 0.0845. The van der Waals surface area contributed by atoms with E-state index in [2.05, 4.69) is 17.3 Å². The Balaban J connectivity index is 2.45. The molecule has 1 atom stereocenters. The van der Waals surface area contributed by atoms with Crippen LogP contribution in [-0.2, 0) is 20.0 Å². The molecule has 0 aliphatic carbocycles. The summed E-state index contributed by atoms with van der Waals surface area (Å²) in [6.45, 7) is 5.34. The molecule has 0 bridgehead atoms. The maximum absolute atomic E-state index is 10.0. The molecule has 0 spiro atoms. The van der Waals surface area contributed by atoms with Crippen molar-refractivity contribution in [2.24, 2.45) is 7.05 Å². The molecule has 0 saturated heterocycles. The van der Waals surface area contributed by atoms with E-state index in [1.807, 2.05) is 31.1 Å². The smallest absolute Gasteiger partial charge is 0.0833 e. The SMILES string of the molecule is CCc1nn(C)cc1CNCC(C)(O)CSC. The van der Waals surface area contributed by atoms with Gasteiger partial charge in [-0.05, 0) is 19.6 Å². The van der Waals surface area contributed by atoms with E-state index in [1.165, 1.54) is 5.56 Å². The van der Waals surface area contributed by atoms with Gasteiger partial charge < -0.3 is 10.4 Å². The summed E-state index contributed by atoms with van der Waals surface area (Å²) in [6.07, 6.45) is 4.99. The minimum Gasteiger partial charge on any atom is -0.388 e. The van der Waals surface area contributed by atoms with E-state index in [0.717, 1.165) is 24.4 Å². The summed E-state index contributed by atoms with van der Waals surface area (Å²) in [4.78, 5) is 0. The molecule has 0 aliphatic rings. The van der Waals surface area contributed by atoms with E-state index >= 15 is 0 Å². The summed E-state index contributed by atoms with van der Waals surface area (Å²) in [6, 6.07) is 0. The molecule has 0 radical (unpaired) electrons. The second-order valence-corrected chi connectivity index (χ2v) is 5.53. The third-order valence-corrected chi connectivity index (χ3v) is 3.51. The molecule has 1 heterocycles. The average Bonchev–Trinajstić information content (AvgIpc) is 2.58. The van der Waals surface area contributed by atoms with Crippen molar-refractivity contribution in [3.8, 4) is 0 Å². The van der Waals surface area contributed by atoms with Gasteiger partial charge >= 0.3 is 0 Å². The first kappa shape index (κ1) is 14.5. The standard InChI is InChI=1S/C12H23N3OS/c1-5-11-10(7-15(3)14-11)6-13-8-12(2,16)9-17-4/h7,13,16H,5-6,8-9H2,1-4H3. The highest BCUT2D eigenvalue weighted by atomic mass is 32.2. The van der Waals surface area contributed by atoms with E-state index in [1.54, 1.807) is 11.8 Å². The maximum Gasteiger partial charge on any atom is 0.0833 e. The lowest BCUT2D eigenvalue weighted by Gasteiger charge is -2.22. The molecule has 98 valence electrons. The molecule has 1 rings (SSSR count). The van der Waals surface area contributed by atoms with Crippen molar-refractivity contribution in [2.45, 2.75) is 32.4 Å². The summed E-state index contributed by atoms with van der Waals surface area (Å²) in [5.41, 5.74) is 1.70. The van der Waals surface area contributed by atoms with Gasteiger partial charge in [0.25, 0.3) is 0 Å². The van der Waals surface area contributed by atoms with Crippen LogP contribution in [0.5, 0.6) is 0 Å². The molecular formula is C12H23N3OS. The first-order valence-corrected chi connectivity index (χ1v) is 7.31. The van der Waals surface area contributed by atoms with E-state index in [0.29, 0.717) is 6.54 Å². The van der Waals surface area contributed by atoms with Crippen LogP contribution in [0.4, 0.5) is 0 Å². The van der Waals surface area contributed by atoms with Crippen LogP contribution in [0.15, 0.2) is 6.20 Å². The van der Waals surface area contributed by atoms with Crippen LogP contribution in [0.3, 0.4) is 0 Å². The minimum absolute atomic E-state index is 0.603. The largest absolute Gasteiger partial charge is 0.388 e. The Labute approximate surface area is 108 Å². The molecule has 0 fully saturated rings. The lowest BCUT2D eigenvalue weighted by Crippen LogP contribution is -2.39. The van der Waals surface area contributed by atoms with Crippen LogP contribution < -0.4 is 5.32 Å². The fraction of sp³-hybridized carbons (Fsp3) is 0.750. The zero-order valence-corrected chi connectivity index (χ0v) is 12.0. The first-order chi connectivity index (χ1) is 7.98. The van der Waals surface area contributed by atoms with Crippen molar-refractivity contribution in [2.75, 3.05) is 18.6 Å². The van der Waals surface area contributed by atoms with Crippen molar-refractivity contribution in [3.63, 3.8) is 0 Å². The van der Waals surface area contributed by atoms with Gasteiger partial charge in [0.1, 0.15) is 0 Å². The Bertz CT molecular complexity index is 350. The van der Waals surface area contributed by atoms with Crippen molar-refractivity contribution in [1.29, 1.82) is 0 Å². The van der Waals surface area contributed by atoms with Crippen LogP contribution in [-0.4, -0.2) is 39.0 Å². The van der Waals surface area contributed by atoms with Crippen molar-refractivity contribution < 1.29 is 5.11 Å². The van der Waals surface area contributed by atoms with E-state index in [4.69, 9.17) is 0 Å². The molecule has 2 N–H and O–H groups in total. The number of hydrogen-bond acceptors (Lipinski definition) is 4. The summed E-state index contributed by atoms with van der Waals surface area (Å²) < 4.78 is 1.84. The summed E-state index contributed by atoms with van der Waals surface area (Å²) in [5, 5.41) is 17.7. The Kier molecular flexibility index (Phi) is 5.49. The van der Waals surface area contributed by atoms with Gasteiger partial charge in [-0.2, -0.15) is 16.9 Å². The zero-order valence-electron chi connectivity index (χ0n) is 11.2. The summed E-state index contributed by atoms with van der Waals surface area (Å²) in [5.74, 6) is 0.744. The molecule has 5 heteroatoms. The van der Waals surface area contributed by atoms with Crippen LogP contribution in [0, 0.1) is 0 Å². The average molecular weight is 257 g/mol. The number of aliphatic hydroxyl groups is 1. The van der Waals surface area contributed by atoms with Crippen molar-refractivity contribution in [1.82, 2.24) is 15.1 Å². The van der Waals surface area contributed by atoms with Gasteiger partial charge in [0.15, 0.2) is 0 Å². The summed E-state index contributed by atoms with van der Waals surface area (Å²) in [7, 11) is 1.94. The van der Waals surface area contributed by atoms with Gasteiger partial charge in [0.05, 0.1) is 11.3 Å². The highest BCUT2D eigenvalue weighted by Crippen LogP contribution is 2.10. The molecule has 4 nitrogen and oxygen atoms in total. The van der Waals surface area contributed by atoms with Gasteiger partial charge in [-0.15, -0.1) is 0 Å². The maximum atomic E-state index is 10.0. The molecular weight excluding hydrogens is 234 g/mol. The van der Waals surface area contributed by atoms with Gasteiger partial charge in [0, 0.05) is 37.7 Å². The van der Waals surface area contributed by atoms with Gasteiger partial charge in [-0.25, -0.2) is 0 Å². The van der Waals surface area contributed by atoms with Crippen LogP contribution in [0.2, 0.25) is 0 Å². The number of aryl methyl sites for hydroxylation is 2. The Morgan fingerprint density at radius 2 is 2.29 bits per heavy atom. The highest BCUT2D eigenvalue weighted by Gasteiger charge is 2.19. The molecule has 0 amide bonds. The fourth-order valence-corrected chi connectivity index (χ4v) is 2.58. The minimum atomic E-state index is -0.645. The quantitative estimate of drug-likeness (QED) is 0.770. The fourth-order valence-electron chi connectivity index (χ4n) is 1.86. The predicted octanol–water partition coefficient (Wildman–Crippen LogP) is 1.19. The van der Waals surface area contributed by atoms with E-state index in [9.17, 15) is 5.11 Å². The number of thioether (sulfide) groups is 1. The lowest BCUT2D eigenvalue weighted by atomic mass is 10.1. The van der Waals surface area contributed by atoms with Crippen LogP contribution in [0.1, 0.15) is 25.1 Å². The Hall–Kier alpha value is -0.520. The second-order valence-electron chi connectivity index (χ2n) is 4.66. The zero-order chi connectivity index (χ0) is 12.9. The number of rotatable bonds is 7. The third-order valence-electron chi connectivity index (χ3n) is 2.60. The van der Waals surface area contributed by atoms with Crippen molar-refractivity contribution >= 4 is 11.8 Å². The Morgan fingerprint density at radius 3 is 2.88 bits per heavy atom. The Morgan fingerprint density at radius 1 is 1.59 bits per heavy atom. The number of nitrogens with zero attached hydrogens (tertiary/aromatic N) is 2. The molecule has 0 saturated carbocycles. The van der Waals surface area contributed by atoms with Gasteiger partial charge in [-0.3, -0.25) is 4.68 Å².